The van der Waals surface area contributed by atoms with E-state index in [1.807, 2.05) is 31.3 Å². The molecule has 1 aliphatic rings. The third kappa shape index (κ3) is 2.54. The Kier molecular flexibility index (Phi) is 3.69. The second kappa shape index (κ2) is 5.63. The maximum absolute atomic E-state index is 12.2. The summed E-state index contributed by atoms with van der Waals surface area (Å²) in [6.45, 7) is 2.89. The van der Waals surface area contributed by atoms with E-state index in [4.69, 9.17) is 0 Å². The first-order valence-corrected chi connectivity index (χ1v) is 7.16. The molecular weight excluding hydrogens is 252 g/mol. The van der Waals surface area contributed by atoms with Crippen LogP contribution in [0, 0.1) is 5.92 Å². The molecule has 5 heteroatoms. The van der Waals surface area contributed by atoms with Crippen LogP contribution in [-0.2, 0) is 7.05 Å². The van der Waals surface area contributed by atoms with Gasteiger partial charge in [-0.25, -0.2) is 0 Å². The van der Waals surface area contributed by atoms with Gasteiger partial charge in [-0.2, -0.15) is 5.10 Å². The van der Waals surface area contributed by atoms with Gasteiger partial charge in [-0.1, -0.05) is 18.2 Å². The zero-order chi connectivity index (χ0) is 13.9. The number of hydrogen-bond acceptors (Lipinski definition) is 3. The lowest BCUT2D eigenvalue weighted by molar-refractivity contribution is 0.0947. The molecule has 0 bridgehead atoms. The van der Waals surface area contributed by atoms with Crippen molar-refractivity contribution in [2.24, 2.45) is 13.0 Å². The highest BCUT2D eigenvalue weighted by Gasteiger charge is 2.17. The quantitative estimate of drug-likeness (QED) is 0.882. The number of rotatable bonds is 4. The molecule has 0 aliphatic carbocycles. The zero-order valence-electron chi connectivity index (χ0n) is 11.7. The van der Waals surface area contributed by atoms with Crippen LogP contribution in [0.5, 0.6) is 0 Å². The van der Waals surface area contributed by atoms with Crippen molar-refractivity contribution >= 4 is 16.8 Å². The topological polar surface area (TPSA) is 59.0 Å². The molecule has 1 fully saturated rings. The summed E-state index contributed by atoms with van der Waals surface area (Å²) in [7, 11) is 1.86. The van der Waals surface area contributed by atoms with Gasteiger partial charge in [0.25, 0.3) is 5.91 Å². The molecule has 2 heterocycles. The zero-order valence-corrected chi connectivity index (χ0v) is 11.7. The molecule has 2 N–H and O–H groups in total. The minimum atomic E-state index is -0.0762. The monoisotopic (exact) mass is 272 g/mol. The summed E-state index contributed by atoms with van der Waals surface area (Å²) in [5.74, 6) is 0.614. The average molecular weight is 272 g/mol. The number of para-hydroxylation sites is 1. The fraction of sp³-hybridized carbons (Fsp3) is 0.467. The van der Waals surface area contributed by atoms with Gasteiger partial charge >= 0.3 is 0 Å². The van der Waals surface area contributed by atoms with E-state index in [0.29, 0.717) is 11.6 Å². The summed E-state index contributed by atoms with van der Waals surface area (Å²) in [6.07, 6.45) is 2.24. The third-order valence-electron chi connectivity index (χ3n) is 3.97. The highest BCUT2D eigenvalue weighted by molar-refractivity contribution is 6.04. The molecule has 3 rings (SSSR count). The Morgan fingerprint density at radius 3 is 3.15 bits per heavy atom. The Balaban J connectivity index is 1.66. The molecule has 0 spiro atoms. The normalized spacial score (nSPS) is 18.6. The maximum Gasteiger partial charge on any atom is 0.272 e. The Labute approximate surface area is 118 Å². The minimum Gasteiger partial charge on any atom is -0.351 e. The van der Waals surface area contributed by atoms with Crippen molar-refractivity contribution in [3.8, 4) is 0 Å². The maximum atomic E-state index is 12.2. The number of benzene rings is 1. The van der Waals surface area contributed by atoms with E-state index in [1.165, 1.54) is 6.42 Å². The molecule has 2 aromatic rings. The van der Waals surface area contributed by atoms with Gasteiger partial charge in [0, 0.05) is 19.0 Å². The number of fused-ring (bicyclic) bond motifs is 1. The molecule has 0 saturated carbocycles. The molecule has 1 unspecified atom stereocenters. The molecule has 1 saturated heterocycles. The minimum absolute atomic E-state index is 0.0762. The fourth-order valence-corrected chi connectivity index (χ4v) is 2.82. The number of carbonyl (C=O) groups is 1. The van der Waals surface area contributed by atoms with E-state index in [2.05, 4.69) is 15.7 Å². The van der Waals surface area contributed by atoms with Gasteiger partial charge in [-0.3, -0.25) is 9.48 Å². The molecule has 20 heavy (non-hydrogen) atoms. The van der Waals surface area contributed by atoms with Gasteiger partial charge < -0.3 is 10.6 Å². The molecule has 1 atom stereocenters. The van der Waals surface area contributed by atoms with Gasteiger partial charge in [0.2, 0.25) is 0 Å². The first-order chi connectivity index (χ1) is 9.75. The van der Waals surface area contributed by atoms with Gasteiger partial charge in [0.15, 0.2) is 5.69 Å². The van der Waals surface area contributed by atoms with Gasteiger partial charge in [-0.15, -0.1) is 0 Å². The van der Waals surface area contributed by atoms with E-state index in [0.717, 1.165) is 37.0 Å². The summed E-state index contributed by atoms with van der Waals surface area (Å²) in [5, 5.41) is 11.6. The SMILES string of the molecule is Cn1nc(C(=O)NCCC2CCNC2)c2ccccc21. The first-order valence-electron chi connectivity index (χ1n) is 7.16. The van der Waals surface area contributed by atoms with Crippen molar-refractivity contribution in [2.45, 2.75) is 12.8 Å². The number of nitrogens with zero attached hydrogens (tertiary/aromatic N) is 2. The van der Waals surface area contributed by atoms with Crippen LogP contribution in [0.25, 0.3) is 10.9 Å². The lowest BCUT2D eigenvalue weighted by atomic mass is 10.1. The fourth-order valence-electron chi connectivity index (χ4n) is 2.82. The van der Waals surface area contributed by atoms with Crippen LogP contribution in [0.15, 0.2) is 24.3 Å². The van der Waals surface area contributed by atoms with E-state index < -0.39 is 0 Å². The number of aromatic nitrogens is 2. The molecule has 1 aromatic carbocycles. The predicted molar refractivity (Wildman–Crippen MR) is 78.6 cm³/mol. The van der Waals surface area contributed by atoms with Gasteiger partial charge in [0.1, 0.15) is 0 Å². The Bertz CT molecular complexity index is 613. The van der Waals surface area contributed by atoms with Crippen LogP contribution in [-0.4, -0.2) is 35.3 Å². The van der Waals surface area contributed by atoms with Crippen LogP contribution in [0.4, 0.5) is 0 Å². The average Bonchev–Trinajstić information content (AvgIpc) is 3.08. The van der Waals surface area contributed by atoms with E-state index >= 15 is 0 Å². The Morgan fingerprint density at radius 1 is 1.50 bits per heavy atom. The molecule has 1 aliphatic heterocycles. The molecule has 0 radical (unpaired) electrons. The molecule has 1 amide bonds. The van der Waals surface area contributed by atoms with Crippen LogP contribution >= 0.6 is 0 Å². The third-order valence-corrected chi connectivity index (χ3v) is 3.97. The summed E-state index contributed by atoms with van der Waals surface area (Å²) in [6, 6.07) is 7.81. The summed E-state index contributed by atoms with van der Waals surface area (Å²) < 4.78 is 1.76. The highest BCUT2D eigenvalue weighted by atomic mass is 16.1. The van der Waals surface area contributed by atoms with Crippen molar-refractivity contribution in [1.82, 2.24) is 20.4 Å². The largest absolute Gasteiger partial charge is 0.351 e. The lowest BCUT2D eigenvalue weighted by Crippen LogP contribution is -2.27. The lowest BCUT2D eigenvalue weighted by Gasteiger charge is -2.08. The predicted octanol–water partition coefficient (Wildman–Crippen LogP) is 1.30. The second-order valence-electron chi connectivity index (χ2n) is 5.39. The van der Waals surface area contributed by atoms with Crippen LogP contribution < -0.4 is 10.6 Å². The molecule has 106 valence electrons. The van der Waals surface area contributed by atoms with Gasteiger partial charge in [-0.05, 0) is 37.9 Å². The molecule has 1 aromatic heterocycles. The first kappa shape index (κ1) is 13.1. The van der Waals surface area contributed by atoms with Crippen molar-refractivity contribution in [3.63, 3.8) is 0 Å². The number of hydrogen-bond donors (Lipinski definition) is 2. The summed E-state index contributed by atoms with van der Waals surface area (Å²) in [4.78, 5) is 12.2. The smallest absolute Gasteiger partial charge is 0.272 e. The Morgan fingerprint density at radius 2 is 2.35 bits per heavy atom. The van der Waals surface area contributed by atoms with Crippen LogP contribution in [0.1, 0.15) is 23.3 Å². The van der Waals surface area contributed by atoms with Crippen molar-refractivity contribution in [3.05, 3.63) is 30.0 Å². The van der Waals surface area contributed by atoms with Crippen molar-refractivity contribution in [2.75, 3.05) is 19.6 Å². The molecular formula is C15H20N4O. The number of nitrogens with one attached hydrogen (secondary N) is 2. The second-order valence-corrected chi connectivity index (χ2v) is 5.39. The Hall–Kier alpha value is -1.88. The van der Waals surface area contributed by atoms with E-state index in [-0.39, 0.29) is 5.91 Å². The van der Waals surface area contributed by atoms with Gasteiger partial charge in [0.05, 0.1) is 5.52 Å². The number of carbonyl (C=O) groups excluding carboxylic acids is 1. The summed E-state index contributed by atoms with van der Waals surface area (Å²) >= 11 is 0. The van der Waals surface area contributed by atoms with Crippen LogP contribution in [0.3, 0.4) is 0 Å². The van der Waals surface area contributed by atoms with Crippen molar-refractivity contribution in [1.29, 1.82) is 0 Å². The summed E-state index contributed by atoms with van der Waals surface area (Å²) in [5.41, 5.74) is 1.50. The number of amides is 1. The van der Waals surface area contributed by atoms with Crippen molar-refractivity contribution < 1.29 is 4.79 Å². The van der Waals surface area contributed by atoms with E-state index in [9.17, 15) is 4.79 Å². The molecule has 5 nitrogen and oxygen atoms in total. The highest BCUT2D eigenvalue weighted by Crippen LogP contribution is 2.17. The van der Waals surface area contributed by atoms with E-state index in [1.54, 1.807) is 4.68 Å². The number of aryl methyl sites for hydroxylation is 1. The standard InChI is InChI=1S/C15H20N4O/c1-19-13-5-3-2-4-12(13)14(18-19)15(20)17-9-7-11-6-8-16-10-11/h2-5,11,16H,6-10H2,1H3,(H,17,20). The van der Waals surface area contributed by atoms with Crippen LogP contribution in [0.2, 0.25) is 0 Å².